The Labute approximate surface area is 171 Å². The van der Waals surface area contributed by atoms with Gasteiger partial charge in [0.2, 0.25) is 0 Å². The predicted molar refractivity (Wildman–Crippen MR) is 108 cm³/mol. The summed E-state index contributed by atoms with van der Waals surface area (Å²) in [7, 11) is 1.62. The molecule has 1 aromatic heterocycles. The molecule has 0 radical (unpaired) electrons. The number of halogens is 1. The van der Waals surface area contributed by atoms with Gasteiger partial charge in [-0.05, 0) is 57.0 Å². The lowest BCUT2D eigenvalue weighted by molar-refractivity contribution is 0.00827. The van der Waals surface area contributed by atoms with Gasteiger partial charge in [0.15, 0.2) is 5.69 Å². The summed E-state index contributed by atoms with van der Waals surface area (Å²) in [4.78, 5) is 14.7. The minimum Gasteiger partial charge on any atom is -0.497 e. The third kappa shape index (κ3) is 5.01. The first-order valence-electron chi connectivity index (χ1n) is 9.31. The number of amides is 1. The largest absolute Gasteiger partial charge is 0.497 e. The van der Waals surface area contributed by atoms with Crippen LogP contribution >= 0.6 is 12.4 Å². The number of carbonyl (C=O) groups is 1. The molecule has 0 saturated carbocycles. The van der Waals surface area contributed by atoms with Gasteiger partial charge in [-0.1, -0.05) is 5.21 Å². The molecular weight excluding hydrogens is 382 g/mol. The Kier molecular flexibility index (Phi) is 8.22. The topological polar surface area (TPSA) is 95.5 Å². The maximum Gasteiger partial charge on any atom is 0.276 e. The van der Waals surface area contributed by atoms with Crippen LogP contribution in [0, 0.1) is 6.92 Å². The minimum absolute atomic E-state index is 0. The highest BCUT2D eigenvalue weighted by molar-refractivity contribution is 5.93. The number of nitrogens with zero attached hydrogens (tertiary/aromatic N) is 4. The Morgan fingerprint density at radius 3 is 2.54 bits per heavy atom. The summed E-state index contributed by atoms with van der Waals surface area (Å²) < 4.78 is 12.7. The van der Waals surface area contributed by atoms with Gasteiger partial charge in [-0.15, -0.1) is 17.5 Å². The van der Waals surface area contributed by atoms with Crippen LogP contribution in [0.2, 0.25) is 0 Å². The zero-order valence-electron chi connectivity index (χ0n) is 16.3. The molecule has 2 heterocycles. The molecule has 9 heteroatoms. The summed E-state index contributed by atoms with van der Waals surface area (Å²) in [5.41, 5.74) is 7.45. The van der Waals surface area contributed by atoms with E-state index in [1.807, 2.05) is 36.1 Å². The molecule has 8 nitrogen and oxygen atoms in total. The van der Waals surface area contributed by atoms with E-state index in [4.69, 9.17) is 15.2 Å². The van der Waals surface area contributed by atoms with E-state index in [9.17, 15) is 4.79 Å². The van der Waals surface area contributed by atoms with Crippen molar-refractivity contribution in [1.82, 2.24) is 19.9 Å². The zero-order chi connectivity index (χ0) is 19.2. The molecule has 28 heavy (non-hydrogen) atoms. The quantitative estimate of drug-likeness (QED) is 0.702. The van der Waals surface area contributed by atoms with Gasteiger partial charge in [-0.25, -0.2) is 4.68 Å². The third-order valence-electron chi connectivity index (χ3n) is 4.85. The molecule has 1 aliphatic rings. The summed E-state index contributed by atoms with van der Waals surface area (Å²) >= 11 is 0. The van der Waals surface area contributed by atoms with Crippen LogP contribution in [0.15, 0.2) is 24.3 Å². The fourth-order valence-electron chi connectivity index (χ4n) is 3.20. The van der Waals surface area contributed by atoms with Gasteiger partial charge in [0.25, 0.3) is 5.91 Å². The number of rotatable bonds is 7. The number of carbonyl (C=O) groups excluding carboxylic acids is 1. The molecule has 0 bridgehead atoms. The maximum absolute atomic E-state index is 12.9. The van der Waals surface area contributed by atoms with Crippen molar-refractivity contribution in [2.45, 2.75) is 32.3 Å². The van der Waals surface area contributed by atoms with Gasteiger partial charge in [-0.2, -0.15) is 0 Å². The second-order valence-electron chi connectivity index (χ2n) is 6.64. The second kappa shape index (κ2) is 10.4. The second-order valence-corrected chi connectivity index (χ2v) is 6.64. The first-order valence-corrected chi connectivity index (χ1v) is 9.31. The Morgan fingerprint density at radius 2 is 1.93 bits per heavy atom. The van der Waals surface area contributed by atoms with E-state index in [2.05, 4.69) is 10.3 Å². The van der Waals surface area contributed by atoms with Crippen molar-refractivity contribution in [2.75, 3.05) is 33.4 Å². The molecule has 0 atom stereocenters. The number of nitrogens with two attached hydrogens (primary N) is 1. The highest BCUT2D eigenvalue weighted by Gasteiger charge is 2.27. The summed E-state index contributed by atoms with van der Waals surface area (Å²) in [6.07, 6.45) is 2.74. The van der Waals surface area contributed by atoms with Crippen LogP contribution in [0.3, 0.4) is 0 Å². The lowest BCUT2D eigenvalue weighted by Crippen LogP contribution is -2.41. The molecule has 1 aromatic carbocycles. The summed E-state index contributed by atoms with van der Waals surface area (Å²) in [6.45, 7) is 4.52. The molecule has 3 rings (SSSR count). The van der Waals surface area contributed by atoms with Crippen LogP contribution in [-0.4, -0.2) is 65.3 Å². The number of ether oxygens (including phenoxy) is 2. The van der Waals surface area contributed by atoms with E-state index < -0.39 is 0 Å². The fourth-order valence-corrected chi connectivity index (χ4v) is 3.20. The smallest absolute Gasteiger partial charge is 0.276 e. The molecule has 0 aliphatic carbocycles. The monoisotopic (exact) mass is 409 g/mol. The number of benzene rings is 1. The van der Waals surface area contributed by atoms with Crippen molar-refractivity contribution in [3.8, 4) is 11.4 Å². The van der Waals surface area contributed by atoms with E-state index in [1.165, 1.54) is 0 Å². The minimum atomic E-state index is -0.0762. The molecule has 1 aliphatic heterocycles. The molecule has 154 valence electrons. The molecule has 1 saturated heterocycles. The fraction of sp³-hybridized carbons (Fsp3) is 0.526. The number of hydrogen-bond acceptors (Lipinski definition) is 6. The van der Waals surface area contributed by atoms with Gasteiger partial charge >= 0.3 is 0 Å². The average Bonchev–Trinajstić information content (AvgIpc) is 3.09. The number of aromatic nitrogens is 3. The number of hydrogen-bond donors (Lipinski definition) is 1. The standard InChI is InChI=1S/C19H27N5O3.ClH/c1-14-18(21-22-24(14)15-4-6-16(26-2)7-5-15)19(25)23-11-8-17(9-12-23)27-13-3-10-20;/h4-7,17H,3,8-13,20H2,1-2H3;1H. The first-order chi connectivity index (χ1) is 13.1. The molecule has 2 N–H and O–H groups in total. The lowest BCUT2D eigenvalue weighted by atomic mass is 10.1. The van der Waals surface area contributed by atoms with Crippen LogP contribution in [0.1, 0.15) is 35.4 Å². The average molecular weight is 410 g/mol. The van der Waals surface area contributed by atoms with Crippen LogP contribution in [0.5, 0.6) is 5.75 Å². The normalized spacial score (nSPS) is 14.6. The maximum atomic E-state index is 12.9. The van der Waals surface area contributed by atoms with E-state index in [0.717, 1.165) is 36.4 Å². The van der Waals surface area contributed by atoms with Crippen LogP contribution in [0.4, 0.5) is 0 Å². The highest BCUT2D eigenvalue weighted by atomic mass is 35.5. The Bertz CT molecular complexity index is 757. The Balaban J connectivity index is 0.00000280. The molecule has 2 aromatic rings. The van der Waals surface area contributed by atoms with Crippen molar-refractivity contribution in [1.29, 1.82) is 0 Å². The molecule has 1 amide bonds. The molecule has 1 fully saturated rings. The van der Waals surface area contributed by atoms with E-state index >= 15 is 0 Å². The Hall–Kier alpha value is -2.16. The van der Waals surface area contributed by atoms with E-state index in [-0.39, 0.29) is 24.4 Å². The highest BCUT2D eigenvalue weighted by Crippen LogP contribution is 2.20. The van der Waals surface area contributed by atoms with Gasteiger partial charge in [0, 0.05) is 19.7 Å². The van der Waals surface area contributed by atoms with E-state index in [0.29, 0.717) is 31.9 Å². The van der Waals surface area contributed by atoms with Gasteiger partial charge in [0.05, 0.1) is 24.6 Å². The number of piperidine rings is 1. The first kappa shape index (κ1) is 22.1. The van der Waals surface area contributed by atoms with Crippen molar-refractivity contribution >= 4 is 18.3 Å². The number of likely N-dealkylation sites (tertiary alicyclic amines) is 1. The van der Waals surface area contributed by atoms with Gasteiger partial charge in [0.1, 0.15) is 5.75 Å². The van der Waals surface area contributed by atoms with Crippen molar-refractivity contribution in [3.63, 3.8) is 0 Å². The van der Waals surface area contributed by atoms with E-state index in [1.54, 1.807) is 11.8 Å². The SMILES string of the molecule is COc1ccc(-n2nnc(C(=O)N3CCC(OCCCN)CC3)c2C)cc1.Cl. The third-order valence-corrected chi connectivity index (χ3v) is 4.85. The zero-order valence-corrected chi connectivity index (χ0v) is 17.2. The van der Waals surface area contributed by atoms with Crippen molar-refractivity contribution in [2.24, 2.45) is 5.73 Å². The Morgan fingerprint density at radius 1 is 1.25 bits per heavy atom. The molecule has 0 spiro atoms. The number of methoxy groups -OCH3 is 1. The molecule has 0 unspecified atom stereocenters. The van der Waals surface area contributed by atoms with Crippen LogP contribution in [-0.2, 0) is 4.74 Å². The summed E-state index contributed by atoms with van der Waals surface area (Å²) in [5, 5.41) is 8.30. The van der Waals surface area contributed by atoms with Crippen molar-refractivity contribution in [3.05, 3.63) is 35.7 Å². The van der Waals surface area contributed by atoms with Crippen LogP contribution < -0.4 is 10.5 Å². The van der Waals surface area contributed by atoms with Crippen LogP contribution in [0.25, 0.3) is 5.69 Å². The summed E-state index contributed by atoms with van der Waals surface area (Å²) in [6, 6.07) is 7.48. The van der Waals surface area contributed by atoms with Gasteiger partial charge < -0.3 is 20.1 Å². The van der Waals surface area contributed by atoms with Gasteiger partial charge in [-0.3, -0.25) is 4.79 Å². The lowest BCUT2D eigenvalue weighted by Gasteiger charge is -2.31. The molecular formula is C19H28ClN5O3. The van der Waals surface area contributed by atoms with Crippen molar-refractivity contribution < 1.29 is 14.3 Å². The predicted octanol–water partition coefficient (Wildman–Crippen LogP) is 1.98. The summed E-state index contributed by atoms with van der Waals surface area (Å²) in [5.74, 6) is 0.692.